The summed E-state index contributed by atoms with van der Waals surface area (Å²) in [6, 6.07) is 28.7. The second-order valence-corrected chi connectivity index (χ2v) is 10.4. The van der Waals surface area contributed by atoms with Crippen molar-refractivity contribution < 1.29 is 8.78 Å². The molecule has 1 unspecified atom stereocenters. The van der Waals surface area contributed by atoms with E-state index in [4.69, 9.17) is 0 Å². The second-order valence-electron chi connectivity index (χ2n) is 10.4. The van der Waals surface area contributed by atoms with Crippen LogP contribution in [0.25, 0.3) is 44.5 Å². The Hall–Kier alpha value is -5.59. The Labute approximate surface area is 235 Å². The van der Waals surface area contributed by atoms with Gasteiger partial charge in [0, 0.05) is 11.1 Å². The minimum Gasteiger partial charge on any atom is -0.310 e. The number of aliphatic imine (C=N–C) groups is 1. The van der Waals surface area contributed by atoms with E-state index in [9.17, 15) is 19.3 Å². The van der Waals surface area contributed by atoms with Gasteiger partial charge in [-0.25, -0.2) is 8.78 Å². The summed E-state index contributed by atoms with van der Waals surface area (Å²) in [5.41, 5.74) is 9.98. The molecule has 0 aromatic heterocycles. The smallest absolute Gasteiger partial charge is 0.206 e. The van der Waals surface area contributed by atoms with Crippen molar-refractivity contribution in [1.82, 2.24) is 5.32 Å². The van der Waals surface area contributed by atoms with Crippen molar-refractivity contribution in [2.24, 2.45) is 4.99 Å². The number of hydrogen-bond acceptors (Lipinski definition) is 4. The van der Waals surface area contributed by atoms with E-state index < -0.39 is 5.54 Å². The van der Waals surface area contributed by atoms with Crippen LogP contribution in [0.1, 0.15) is 29.2 Å². The fourth-order valence-electron chi connectivity index (χ4n) is 6.23. The molecule has 1 N–H and O–H groups in total. The van der Waals surface area contributed by atoms with Gasteiger partial charge in [-0.15, -0.1) is 0 Å². The predicted octanol–water partition coefficient (Wildman–Crippen LogP) is 7.91. The fourth-order valence-corrected chi connectivity index (χ4v) is 6.23. The molecule has 7 rings (SSSR count). The molecule has 0 saturated carbocycles. The third kappa shape index (κ3) is 3.66. The molecule has 0 fully saturated rings. The van der Waals surface area contributed by atoms with Crippen LogP contribution in [-0.2, 0) is 5.54 Å². The van der Waals surface area contributed by atoms with Crippen molar-refractivity contribution in [2.45, 2.75) is 12.5 Å². The number of nitrogens with zero attached hydrogens (tertiary/aromatic N) is 3. The number of nitrogens with one attached hydrogen (secondary N) is 1. The van der Waals surface area contributed by atoms with Crippen molar-refractivity contribution in [3.8, 4) is 56.9 Å². The Balaban J connectivity index is 1.42. The molecule has 5 aromatic carbocycles. The van der Waals surface area contributed by atoms with Gasteiger partial charge in [-0.2, -0.15) is 15.5 Å². The maximum atomic E-state index is 14.0. The normalized spacial score (nSPS) is 16.8. The summed E-state index contributed by atoms with van der Waals surface area (Å²) in [4.78, 5) is 4.22. The van der Waals surface area contributed by atoms with Crippen molar-refractivity contribution >= 4 is 5.71 Å². The highest BCUT2D eigenvalue weighted by Crippen LogP contribution is 2.52. The SMILES string of the molecule is CC1(NC#N)c2cc(-c3cccc(F)c3)ccc2-c2cc3c(cc21)-c1ccc(-c2cccc(F)c2)cc1C3=NC#N. The van der Waals surface area contributed by atoms with E-state index in [1.807, 2.05) is 67.7 Å². The lowest BCUT2D eigenvalue weighted by Gasteiger charge is -2.26. The highest BCUT2D eigenvalue weighted by Gasteiger charge is 2.42. The molecule has 41 heavy (non-hydrogen) atoms. The first kappa shape index (κ1) is 24.5. The molecule has 0 amide bonds. The summed E-state index contributed by atoms with van der Waals surface area (Å²) in [6.07, 6.45) is 4.09. The Morgan fingerprint density at radius 2 is 1.20 bits per heavy atom. The summed E-state index contributed by atoms with van der Waals surface area (Å²) in [6.45, 7) is 1.97. The van der Waals surface area contributed by atoms with Gasteiger partial charge in [0.15, 0.2) is 6.19 Å². The minimum absolute atomic E-state index is 0.316. The van der Waals surface area contributed by atoms with Gasteiger partial charge in [-0.05, 0) is 111 Å². The maximum Gasteiger partial charge on any atom is 0.206 e. The van der Waals surface area contributed by atoms with Crippen molar-refractivity contribution in [3.63, 3.8) is 0 Å². The van der Waals surface area contributed by atoms with Crippen LogP contribution in [0.3, 0.4) is 0 Å². The standard InChI is InChI=1S/C35H20F2N4/c1-35(41-19-39)32-15-23(21-5-3-7-25(37)13-21)9-11-27(32)29-16-31-28(17-33(29)35)26-10-8-22(14-30(26)34(31)40-18-38)20-4-2-6-24(36)12-20/h2-17,41H,1H3. The van der Waals surface area contributed by atoms with Crippen LogP contribution < -0.4 is 5.32 Å². The van der Waals surface area contributed by atoms with Gasteiger partial charge in [0.25, 0.3) is 0 Å². The number of nitriles is 2. The van der Waals surface area contributed by atoms with E-state index in [1.165, 1.54) is 24.3 Å². The zero-order valence-corrected chi connectivity index (χ0v) is 21.8. The van der Waals surface area contributed by atoms with Crippen molar-refractivity contribution in [1.29, 1.82) is 10.5 Å². The molecule has 0 heterocycles. The average molecular weight is 535 g/mol. The largest absolute Gasteiger partial charge is 0.310 e. The molecule has 194 valence electrons. The Bertz CT molecular complexity index is 2050. The van der Waals surface area contributed by atoms with E-state index in [1.54, 1.807) is 12.1 Å². The molecule has 0 spiro atoms. The molecule has 0 saturated heterocycles. The molecule has 0 bridgehead atoms. The van der Waals surface area contributed by atoms with Gasteiger partial charge in [-0.3, -0.25) is 0 Å². The zero-order valence-electron chi connectivity index (χ0n) is 21.8. The fraction of sp³-hybridized carbons (Fsp3) is 0.0571. The van der Waals surface area contributed by atoms with Crippen LogP contribution in [0.5, 0.6) is 0 Å². The lowest BCUT2D eigenvalue weighted by Crippen LogP contribution is -2.35. The van der Waals surface area contributed by atoms with Gasteiger partial charge in [0.2, 0.25) is 6.19 Å². The summed E-state index contributed by atoms with van der Waals surface area (Å²) in [5.74, 6) is -0.638. The van der Waals surface area contributed by atoms with Crippen molar-refractivity contribution in [3.05, 3.63) is 131 Å². The molecule has 4 nitrogen and oxygen atoms in total. The Kier molecular flexibility index (Phi) is 5.35. The maximum absolute atomic E-state index is 14.0. The molecular formula is C35H20F2N4. The van der Waals surface area contributed by atoms with Gasteiger partial charge < -0.3 is 5.32 Å². The topological polar surface area (TPSA) is 72.0 Å². The molecular weight excluding hydrogens is 514 g/mol. The van der Waals surface area contributed by atoms with Crippen LogP contribution in [0.2, 0.25) is 0 Å². The summed E-state index contributed by atoms with van der Waals surface area (Å²) in [5, 5.41) is 22.4. The Morgan fingerprint density at radius 3 is 1.83 bits per heavy atom. The second kappa shape index (κ2) is 8.98. The quantitative estimate of drug-likeness (QED) is 0.185. The van der Waals surface area contributed by atoms with Crippen LogP contribution in [0, 0.1) is 34.5 Å². The van der Waals surface area contributed by atoms with E-state index in [0.717, 1.165) is 66.8 Å². The molecule has 6 heteroatoms. The van der Waals surface area contributed by atoms with Gasteiger partial charge in [0.05, 0.1) is 11.3 Å². The first-order valence-corrected chi connectivity index (χ1v) is 13.0. The number of rotatable bonds is 3. The third-order valence-corrected chi connectivity index (χ3v) is 8.15. The van der Waals surface area contributed by atoms with Gasteiger partial charge in [-0.1, -0.05) is 48.5 Å². The average Bonchev–Trinajstić information content (AvgIpc) is 3.40. The van der Waals surface area contributed by atoms with Crippen LogP contribution >= 0.6 is 0 Å². The highest BCUT2D eigenvalue weighted by molar-refractivity contribution is 6.26. The lowest BCUT2D eigenvalue weighted by atomic mass is 9.87. The predicted molar refractivity (Wildman–Crippen MR) is 155 cm³/mol. The number of halogens is 2. The van der Waals surface area contributed by atoms with E-state index in [-0.39, 0.29) is 11.6 Å². The first-order valence-electron chi connectivity index (χ1n) is 13.0. The lowest BCUT2D eigenvalue weighted by molar-refractivity contribution is 0.530. The molecule has 2 aliphatic rings. The zero-order chi connectivity index (χ0) is 28.3. The number of benzene rings is 5. The first-order chi connectivity index (χ1) is 19.9. The van der Waals surface area contributed by atoms with Crippen LogP contribution in [-0.4, -0.2) is 5.71 Å². The van der Waals surface area contributed by atoms with E-state index >= 15 is 0 Å². The van der Waals surface area contributed by atoms with E-state index in [2.05, 4.69) is 22.6 Å². The van der Waals surface area contributed by atoms with Gasteiger partial charge in [0.1, 0.15) is 11.6 Å². The number of fused-ring (bicyclic) bond motifs is 6. The highest BCUT2D eigenvalue weighted by atomic mass is 19.1. The monoisotopic (exact) mass is 534 g/mol. The molecule has 5 aromatic rings. The molecule has 0 aliphatic heterocycles. The Morgan fingerprint density at radius 1 is 0.610 bits per heavy atom. The van der Waals surface area contributed by atoms with E-state index in [0.29, 0.717) is 5.71 Å². The molecule has 0 radical (unpaired) electrons. The third-order valence-electron chi connectivity index (χ3n) is 8.15. The van der Waals surface area contributed by atoms with Crippen LogP contribution in [0.15, 0.2) is 102 Å². The van der Waals surface area contributed by atoms with Gasteiger partial charge >= 0.3 is 0 Å². The number of hydrogen-bond donors (Lipinski definition) is 1. The molecule has 2 aliphatic carbocycles. The molecule has 1 atom stereocenters. The summed E-state index contributed by atoms with van der Waals surface area (Å²) in [7, 11) is 0. The minimum atomic E-state index is -0.839. The van der Waals surface area contributed by atoms with Crippen LogP contribution in [0.4, 0.5) is 8.78 Å². The van der Waals surface area contributed by atoms with Crippen molar-refractivity contribution in [2.75, 3.05) is 0 Å². The summed E-state index contributed by atoms with van der Waals surface area (Å²) < 4.78 is 28.0. The summed E-state index contributed by atoms with van der Waals surface area (Å²) >= 11 is 0.